The van der Waals surface area contributed by atoms with Gasteiger partial charge in [0.1, 0.15) is 16.8 Å². The highest BCUT2D eigenvalue weighted by Crippen LogP contribution is 2.33. The van der Waals surface area contributed by atoms with Crippen molar-refractivity contribution in [3.63, 3.8) is 0 Å². The molecule has 0 unspecified atom stereocenters. The summed E-state index contributed by atoms with van der Waals surface area (Å²) < 4.78 is 0. The van der Waals surface area contributed by atoms with E-state index in [2.05, 4.69) is 40.0 Å². The molecule has 0 N–H and O–H groups in total. The molecule has 0 radical (unpaired) electrons. The molecule has 0 bridgehead atoms. The summed E-state index contributed by atoms with van der Waals surface area (Å²) in [6, 6.07) is 8.47. The molecule has 20 heavy (non-hydrogen) atoms. The van der Waals surface area contributed by atoms with Gasteiger partial charge in [-0.25, -0.2) is 9.97 Å². The van der Waals surface area contributed by atoms with Crippen LogP contribution in [0.3, 0.4) is 0 Å². The van der Waals surface area contributed by atoms with E-state index in [4.69, 9.17) is 11.6 Å². The van der Waals surface area contributed by atoms with Crippen LogP contribution in [0.5, 0.6) is 0 Å². The number of fused-ring (bicyclic) bond motifs is 1. The first-order chi connectivity index (χ1) is 9.67. The monoisotopic (exact) mass is 287 g/mol. The molecule has 4 heteroatoms. The molecule has 0 spiro atoms. The number of halogens is 1. The Labute approximate surface area is 124 Å². The van der Waals surface area contributed by atoms with E-state index in [1.165, 1.54) is 16.8 Å². The van der Waals surface area contributed by atoms with Crippen LogP contribution in [-0.4, -0.2) is 16.5 Å². The molecule has 0 saturated heterocycles. The SMILES string of the molecule is CCc1nc(Cl)cc(N2CCCc3cc(C)ccc32)n1. The number of rotatable bonds is 2. The minimum Gasteiger partial charge on any atom is -0.326 e. The third-order valence-electron chi connectivity index (χ3n) is 3.67. The van der Waals surface area contributed by atoms with Crippen LogP contribution in [0.1, 0.15) is 30.3 Å². The maximum atomic E-state index is 6.12. The van der Waals surface area contributed by atoms with Crippen molar-refractivity contribution in [1.29, 1.82) is 0 Å². The first-order valence-electron chi connectivity index (χ1n) is 7.08. The van der Waals surface area contributed by atoms with Crippen LogP contribution in [0.15, 0.2) is 24.3 Å². The molecule has 1 aliphatic heterocycles. The highest BCUT2D eigenvalue weighted by molar-refractivity contribution is 6.29. The zero-order chi connectivity index (χ0) is 14.1. The summed E-state index contributed by atoms with van der Waals surface area (Å²) in [6.45, 7) is 5.16. The van der Waals surface area contributed by atoms with Crippen LogP contribution in [0.4, 0.5) is 11.5 Å². The largest absolute Gasteiger partial charge is 0.326 e. The summed E-state index contributed by atoms with van der Waals surface area (Å²) in [6.07, 6.45) is 3.06. The Morgan fingerprint density at radius 2 is 2.10 bits per heavy atom. The Bertz CT molecular complexity index is 640. The van der Waals surface area contributed by atoms with Gasteiger partial charge >= 0.3 is 0 Å². The second-order valence-electron chi connectivity index (χ2n) is 5.21. The van der Waals surface area contributed by atoms with Gasteiger partial charge in [-0.05, 0) is 31.4 Å². The molecule has 3 nitrogen and oxygen atoms in total. The second kappa shape index (κ2) is 5.41. The first kappa shape index (κ1) is 13.4. The van der Waals surface area contributed by atoms with Crippen LogP contribution in [0.25, 0.3) is 0 Å². The van der Waals surface area contributed by atoms with Crippen molar-refractivity contribution in [2.24, 2.45) is 0 Å². The zero-order valence-corrected chi connectivity index (χ0v) is 12.6. The number of benzene rings is 1. The van der Waals surface area contributed by atoms with Crippen molar-refractivity contribution in [3.8, 4) is 0 Å². The van der Waals surface area contributed by atoms with Crippen molar-refractivity contribution < 1.29 is 0 Å². The van der Waals surface area contributed by atoms with E-state index >= 15 is 0 Å². The molecule has 0 aliphatic carbocycles. The van der Waals surface area contributed by atoms with E-state index in [1.807, 2.05) is 13.0 Å². The van der Waals surface area contributed by atoms with Crippen molar-refractivity contribution >= 4 is 23.1 Å². The Morgan fingerprint density at radius 3 is 2.90 bits per heavy atom. The molecular formula is C16H18ClN3. The third kappa shape index (κ3) is 2.50. The number of aryl methyl sites for hydroxylation is 3. The fourth-order valence-corrected chi connectivity index (χ4v) is 2.91. The molecule has 104 valence electrons. The first-order valence-corrected chi connectivity index (χ1v) is 7.45. The third-order valence-corrected chi connectivity index (χ3v) is 3.87. The Balaban J connectivity index is 2.06. The highest BCUT2D eigenvalue weighted by atomic mass is 35.5. The average Bonchev–Trinajstić information content (AvgIpc) is 2.45. The molecule has 1 aromatic heterocycles. The van der Waals surface area contributed by atoms with E-state index < -0.39 is 0 Å². The number of aromatic nitrogens is 2. The lowest BCUT2D eigenvalue weighted by atomic mass is 9.99. The average molecular weight is 288 g/mol. The molecule has 2 heterocycles. The summed E-state index contributed by atoms with van der Waals surface area (Å²) in [4.78, 5) is 11.1. The van der Waals surface area contributed by atoms with Gasteiger partial charge in [0.05, 0.1) is 0 Å². The maximum Gasteiger partial charge on any atom is 0.138 e. The lowest BCUT2D eigenvalue weighted by Gasteiger charge is -2.31. The molecular weight excluding hydrogens is 270 g/mol. The Morgan fingerprint density at radius 1 is 1.25 bits per heavy atom. The van der Waals surface area contributed by atoms with Gasteiger partial charge < -0.3 is 4.90 Å². The minimum absolute atomic E-state index is 0.520. The van der Waals surface area contributed by atoms with Gasteiger partial charge in [0.2, 0.25) is 0 Å². The van der Waals surface area contributed by atoms with E-state index in [0.717, 1.165) is 37.4 Å². The van der Waals surface area contributed by atoms with Crippen LogP contribution in [-0.2, 0) is 12.8 Å². The van der Waals surface area contributed by atoms with Crippen molar-refractivity contribution in [1.82, 2.24) is 9.97 Å². The topological polar surface area (TPSA) is 29.0 Å². The van der Waals surface area contributed by atoms with E-state index in [1.54, 1.807) is 0 Å². The van der Waals surface area contributed by atoms with Gasteiger partial charge in [-0.1, -0.05) is 36.2 Å². The predicted octanol–water partition coefficient (Wildman–Crippen LogP) is 4.09. The Hall–Kier alpha value is -1.61. The molecule has 0 amide bonds. The molecule has 0 atom stereocenters. The quantitative estimate of drug-likeness (QED) is 0.779. The van der Waals surface area contributed by atoms with E-state index in [9.17, 15) is 0 Å². The van der Waals surface area contributed by atoms with Gasteiger partial charge in [0.15, 0.2) is 0 Å². The fraction of sp³-hybridized carbons (Fsp3) is 0.375. The lowest BCUT2D eigenvalue weighted by molar-refractivity contribution is 0.753. The molecule has 0 fully saturated rings. The van der Waals surface area contributed by atoms with Crippen molar-refractivity contribution in [2.75, 3.05) is 11.4 Å². The van der Waals surface area contributed by atoms with Crippen LogP contribution in [0, 0.1) is 6.92 Å². The van der Waals surface area contributed by atoms with Crippen LogP contribution < -0.4 is 4.90 Å². The van der Waals surface area contributed by atoms with Gasteiger partial charge in [-0.3, -0.25) is 0 Å². The maximum absolute atomic E-state index is 6.12. The lowest BCUT2D eigenvalue weighted by Crippen LogP contribution is -2.25. The number of nitrogens with zero attached hydrogens (tertiary/aromatic N) is 3. The van der Waals surface area contributed by atoms with Crippen molar-refractivity contribution in [2.45, 2.75) is 33.1 Å². The number of hydrogen-bond acceptors (Lipinski definition) is 3. The molecule has 3 rings (SSSR count). The van der Waals surface area contributed by atoms with Gasteiger partial charge in [-0.2, -0.15) is 0 Å². The minimum atomic E-state index is 0.520. The molecule has 1 aromatic carbocycles. The fourth-order valence-electron chi connectivity index (χ4n) is 2.71. The van der Waals surface area contributed by atoms with Crippen molar-refractivity contribution in [3.05, 3.63) is 46.4 Å². The summed E-state index contributed by atoms with van der Waals surface area (Å²) >= 11 is 6.12. The summed E-state index contributed by atoms with van der Waals surface area (Å²) in [7, 11) is 0. The zero-order valence-electron chi connectivity index (χ0n) is 11.9. The molecule has 2 aromatic rings. The molecule has 1 aliphatic rings. The number of anilines is 2. The van der Waals surface area contributed by atoms with Gasteiger partial charge in [0, 0.05) is 24.7 Å². The van der Waals surface area contributed by atoms with Crippen LogP contribution >= 0.6 is 11.6 Å². The second-order valence-corrected chi connectivity index (χ2v) is 5.59. The van der Waals surface area contributed by atoms with Crippen LogP contribution in [0.2, 0.25) is 5.15 Å². The van der Waals surface area contributed by atoms with Gasteiger partial charge in [-0.15, -0.1) is 0 Å². The summed E-state index contributed by atoms with van der Waals surface area (Å²) in [5.41, 5.74) is 3.95. The predicted molar refractivity (Wildman–Crippen MR) is 82.9 cm³/mol. The summed E-state index contributed by atoms with van der Waals surface area (Å²) in [5.74, 6) is 1.71. The smallest absolute Gasteiger partial charge is 0.138 e. The normalized spacial score (nSPS) is 14.2. The van der Waals surface area contributed by atoms with Gasteiger partial charge in [0.25, 0.3) is 0 Å². The number of hydrogen-bond donors (Lipinski definition) is 0. The van der Waals surface area contributed by atoms with E-state index in [0.29, 0.717) is 5.15 Å². The summed E-state index contributed by atoms with van der Waals surface area (Å²) in [5, 5.41) is 0.520. The standard InChI is InChI=1S/C16H18ClN3/c1-3-15-18-14(17)10-16(19-15)20-8-4-5-12-9-11(2)6-7-13(12)20/h6-7,9-10H,3-5,8H2,1-2H3. The molecule has 0 saturated carbocycles. The van der Waals surface area contributed by atoms with E-state index in [-0.39, 0.29) is 0 Å². The highest BCUT2D eigenvalue weighted by Gasteiger charge is 2.20. The Kier molecular flexibility index (Phi) is 3.62.